The Hall–Kier alpha value is -2.66. The third-order valence-corrected chi connectivity index (χ3v) is 4.13. The minimum Gasteiger partial charge on any atom is -0.478 e. The number of benzene rings is 2. The molecule has 0 bridgehead atoms. The first-order valence-electron chi connectivity index (χ1n) is 7.75. The van der Waals surface area contributed by atoms with Crippen LogP contribution in [0.5, 0.6) is 0 Å². The molecule has 0 aliphatic heterocycles. The lowest BCUT2D eigenvalue weighted by molar-refractivity contribution is -0.117. The van der Waals surface area contributed by atoms with Gasteiger partial charge in [0.2, 0.25) is 5.91 Å². The Morgan fingerprint density at radius 1 is 1.16 bits per heavy atom. The van der Waals surface area contributed by atoms with Gasteiger partial charge in [0, 0.05) is 16.5 Å². The molecule has 0 unspecified atom stereocenters. The van der Waals surface area contributed by atoms with Crippen LogP contribution >= 0.6 is 11.6 Å². The standard InChI is InChI=1S/C19H15ClFNO3/c20-14-7-6-12(16(21)10-14)3-1-11-2-8-17(15(9-11)19(24)25)22-18(23)13-4-5-13/h1-3,6-10,13H,4-5H2,(H,22,23)(H,24,25). The smallest absolute Gasteiger partial charge is 0.337 e. The van der Waals surface area contributed by atoms with E-state index in [1.807, 2.05) is 0 Å². The van der Waals surface area contributed by atoms with Crippen molar-refractivity contribution in [3.8, 4) is 0 Å². The minimum absolute atomic E-state index is 0.00673. The summed E-state index contributed by atoms with van der Waals surface area (Å²) >= 11 is 5.71. The van der Waals surface area contributed by atoms with Gasteiger partial charge in [-0.1, -0.05) is 35.9 Å². The largest absolute Gasteiger partial charge is 0.478 e. The highest BCUT2D eigenvalue weighted by Crippen LogP contribution is 2.31. The van der Waals surface area contributed by atoms with E-state index in [0.717, 1.165) is 12.8 Å². The molecule has 2 aromatic rings. The van der Waals surface area contributed by atoms with Gasteiger partial charge in [0.25, 0.3) is 0 Å². The second kappa shape index (κ2) is 7.07. The lowest BCUT2D eigenvalue weighted by Crippen LogP contribution is -2.16. The number of amides is 1. The molecule has 128 valence electrons. The van der Waals surface area contributed by atoms with E-state index in [4.69, 9.17) is 11.6 Å². The summed E-state index contributed by atoms with van der Waals surface area (Å²) in [7, 11) is 0. The van der Waals surface area contributed by atoms with Gasteiger partial charge in [0.15, 0.2) is 0 Å². The summed E-state index contributed by atoms with van der Waals surface area (Å²) in [5.41, 5.74) is 1.18. The van der Waals surface area contributed by atoms with Crippen LogP contribution in [0.2, 0.25) is 5.02 Å². The lowest BCUT2D eigenvalue weighted by atomic mass is 10.1. The highest BCUT2D eigenvalue weighted by Gasteiger charge is 2.30. The molecule has 3 rings (SSSR count). The first kappa shape index (κ1) is 17.2. The van der Waals surface area contributed by atoms with E-state index in [0.29, 0.717) is 16.1 Å². The van der Waals surface area contributed by atoms with Crippen LogP contribution in [0.15, 0.2) is 36.4 Å². The van der Waals surface area contributed by atoms with Crippen molar-refractivity contribution in [2.24, 2.45) is 5.92 Å². The third kappa shape index (κ3) is 4.25. The first-order valence-corrected chi connectivity index (χ1v) is 8.13. The highest BCUT2D eigenvalue weighted by molar-refractivity contribution is 6.30. The summed E-state index contributed by atoms with van der Waals surface area (Å²) in [6.45, 7) is 0. The zero-order valence-corrected chi connectivity index (χ0v) is 13.9. The maximum atomic E-state index is 13.8. The van der Waals surface area contributed by atoms with E-state index in [9.17, 15) is 19.1 Å². The molecule has 2 N–H and O–H groups in total. The number of carbonyl (C=O) groups is 2. The van der Waals surface area contributed by atoms with Gasteiger partial charge >= 0.3 is 5.97 Å². The average Bonchev–Trinajstić information content (AvgIpc) is 3.40. The van der Waals surface area contributed by atoms with Crippen molar-refractivity contribution in [2.75, 3.05) is 5.32 Å². The van der Waals surface area contributed by atoms with Gasteiger partial charge < -0.3 is 10.4 Å². The van der Waals surface area contributed by atoms with Crippen molar-refractivity contribution >= 4 is 41.3 Å². The number of hydrogen-bond donors (Lipinski definition) is 2. The summed E-state index contributed by atoms with van der Waals surface area (Å²) < 4.78 is 13.8. The zero-order valence-electron chi connectivity index (χ0n) is 13.1. The maximum Gasteiger partial charge on any atom is 0.337 e. The van der Waals surface area contributed by atoms with Crippen molar-refractivity contribution in [1.29, 1.82) is 0 Å². The molecule has 4 nitrogen and oxygen atoms in total. The van der Waals surface area contributed by atoms with E-state index in [1.165, 1.54) is 24.3 Å². The van der Waals surface area contributed by atoms with Gasteiger partial charge in [-0.15, -0.1) is 0 Å². The molecule has 0 spiro atoms. The van der Waals surface area contributed by atoms with Crippen LogP contribution in [0.25, 0.3) is 12.2 Å². The van der Waals surface area contributed by atoms with Crippen molar-refractivity contribution in [1.82, 2.24) is 0 Å². The SMILES string of the molecule is O=C(O)c1cc(C=Cc2ccc(Cl)cc2F)ccc1NC(=O)C1CC1. The predicted octanol–water partition coefficient (Wildman–Crippen LogP) is 4.70. The Labute approximate surface area is 148 Å². The molecule has 1 aliphatic rings. The average molecular weight is 360 g/mol. The van der Waals surface area contributed by atoms with Gasteiger partial charge in [0.05, 0.1) is 11.3 Å². The number of aromatic carboxylic acids is 1. The van der Waals surface area contributed by atoms with Crippen molar-refractivity contribution < 1.29 is 19.1 Å². The lowest BCUT2D eigenvalue weighted by Gasteiger charge is -2.09. The zero-order chi connectivity index (χ0) is 18.0. The molecule has 1 saturated carbocycles. The first-order chi connectivity index (χ1) is 11.9. The maximum absolute atomic E-state index is 13.8. The highest BCUT2D eigenvalue weighted by atomic mass is 35.5. The molecule has 1 fully saturated rings. The van der Waals surface area contributed by atoms with E-state index in [1.54, 1.807) is 24.3 Å². The normalized spacial score (nSPS) is 13.8. The van der Waals surface area contributed by atoms with Gasteiger partial charge in [-0.2, -0.15) is 0 Å². The summed E-state index contributed by atoms with van der Waals surface area (Å²) in [4.78, 5) is 23.3. The number of halogens is 2. The fraction of sp³-hybridized carbons (Fsp3) is 0.158. The van der Waals surface area contributed by atoms with Crippen LogP contribution in [-0.2, 0) is 4.79 Å². The molecule has 2 aromatic carbocycles. The summed E-state index contributed by atoms with van der Waals surface area (Å²) in [5.74, 6) is -1.78. The van der Waals surface area contributed by atoms with Crippen LogP contribution in [0.3, 0.4) is 0 Å². The number of nitrogens with one attached hydrogen (secondary N) is 1. The van der Waals surface area contributed by atoms with Crippen molar-refractivity contribution in [3.05, 3.63) is 63.9 Å². The van der Waals surface area contributed by atoms with Crippen LogP contribution in [0.1, 0.15) is 34.3 Å². The summed E-state index contributed by atoms with van der Waals surface area (Å²) in [5, 5.41) is 12.3. The van der Waals surface area contributed by atoms with Crippen molar-refractivity contribution in [2.45, 2.75) is 12.8 Å². The van der Waals surface area contributed by atoms with E-state index >= 15 is 0 Å². The van der Waals surface area contributed by atoms with E-state index in [2.05, 4.69) is 5.32 Å². The Bertz CT molecular complexity index is 875. The van der Waals surface area contributed by atoms with E-state index < -0.39 is 11.8 Å². The predicted molar refractivity (Wildman–Crippen MR) is 95.1 cm³/mol. The molecule has 0 atom stereocenters. The monoisotopic (exact) mass is 359 g/mol. The molecule has 1 amide bonds. The van der Waals surface area contributed by atoms with Crippen LogP contribution in [0.4, 0.5) is 10.1 Å². The molecule has 6 heteroatoms. The topological polar surface area (TPSA) is 66.4 Å². The molecule has 25 heavy (non-hydrogen) atoms. The second-order valence-corrected chi connectivity index (χ2v) is 6.31. The van der Waals surface area contributed by atoms with Gasteiger partial charge in [-0.25, -0.2) is 9.18 Å². The van der Waals surface area contributed by atoms with Crippen LogP contribution < -0.4 is 5.32 Å². The Morgan fingerprint density at radius 2 is 1.92 bits per heavy atom. The fourth-order valence-electron chi connectivity index (χ4n) is 2.35. The molecule has 0 radical (unpaired) electrons. The molecular weight excluding hydrogens is 345 g/mol. The molecule has 0 saturated heterocycles. The van der Waals surface area contributed by atoms with Crippen LogP contribution in [-0.4, -0.2) is 17.0 Å². The number of carboxylic acid groups (broad SMARTS) is 1. The third-order valence-electron chi connectivity index (χ3n) is 3.90. The van der Waals surface area contributed by atoms with E-state index in [-0.39, 0.29) is 23.1 Å². The van der Waals surface area contributed by atoms with Crippen molar-refractivity contribution in [3.63, 3.8) is 0 Å². The van der Waals surface area contributed by atoms with Gasteiger partial charge in [-0.3, -0.25) is 4.79 Å². The molecule has 0 aromatic heterocycles. The molecule has 1 aliphatic carbocycles. The van der Waals surface area contributed by atoms with Gasteiger partial charge in [-0.05, 0) is 42.7 Å². The quantitative estimate of drug-likeness (QED) is 0.761. The number of rotatable bonds is 5. The minimum atomic E-state index is -1.14. The Balaban J connectivity index is 1.84. The van der Waals surface area contributed by atoms with Crippen LogP contribution in [0, 0.1) is 11.7 Å². The molecule has 0 heterocycles. The Morgan fingerprint density at radius 3 is 2.56 bits per heavy atom. The van der Waals surface area contributed by atoms with Gasteiger partial charge in [0.1, 0.15) is 5.82 Å². The second-order valence-electron chi connectivity index (χ2n) is 5.87. The Kier molecular flexibility index (Phi) is 4.86. The summed E-state index contributed by atoms with van der Waals surface area (Å²) in [6.07, 6.45) is 4.81. The number of carboxylic acids is 1. The number of hydrogen-bond acceptors (Lipinski definition) is 2. The number of anilines is 1. The molecular formula is C19H15ClFNO3. The number of carbonyl (C=O) groups excluding carboxylic acids is 1. The summed E-state index contributed by atoms with van der Waals surface area (Å²) in [6, 6.07) is 8.97. The fourth-order valence-corrected chi connectivity index (χ4v) is 2.51.